The molecule has 0 bridgehead atoms. The molecule has 106 valence electrons. The average Bonchev–Trinajstić information content (AvgIpc) is 2.70. The zero-order valence-electron chi connectivity index (χ0n) is 12.0. The van der Waals surface area contributed by atoms with E-state index in [0.29, 0.717) is 11.5 Å². The Kier molecular flexibility index (Phi) is 3.74. The molecule has 0 unspecified atom stereocenters. The van der Waals surface area contributed by atoms with E-state index in [9.17, 15) is 4.79 Å². The standard InChI is InChI=1S/C14H18N4O2/c1-10-16-12(11-7-5-6-8-15-11)9-18(10)17-13(19)20-14(2,3)4/h5-9H,1-4H3,(H,17,19). The van der Waals surface area contributed by atoms with Crippen molar-refractivity contribution in [2.24, 2.45) is 0 Å². The van der Waals surface area contributed by atoms with Crippen LogP contribution in [-0.2, 0) is 4.74 Å². The fourth-order valence-corrected chi connectivity index (χ4v) is 1.62. The summed E-state index contributed by atoms with van der Waals surface area (Å²) in [6.07, 6.45) is 2.89. The van der Waals surface area contributed by atoms with Gasteiger partial charge in [0.2, 0.25) is 0 Å². The molecule has 0 aliphatic rings. The molecular weight excluding hydrogens is 256 g/mol. The molecule has 0 saturated carbocycles. The lowest BCUT2D eigenvalue weighted by Gasteiger charge is -2.20. The predicted octanol–water partition coefficient (Wildman–Crippen LogP) is 2.73. The molecular formula is C14H18N4O2. The molecule has 2 heterocycles. The molecule has 0 atom stereocenters. The van der Waals surface area contributed by atoms with Crippen LogP contribution in [0.2, 0.25) is 0 Å². The lowest BCUT2D eigenvalue weighted by Crippen LogP contribution is -2.31. The second-order valence-electron chi connectivity index (χ2n) is 5.37. The number of imidazole rings is 1. The number of amides is 1. The van der Waals surface area contributed by atoms with Crippen molar-refractivity contribution in [1.82, 2.24) is 14.6 Å². The van der Waals surface area contributed by atoms with E-state index >= 15 is 0 Å². The monoisotopic (exact) mass is 274 g/mol. The molecule has 2 rings (SSSR count). The summed E-state index contributed by atoms with van der Waals surface area (Å²) in [6, 6.07) is 5.59. The van der Waals surface area contributed by atoms with Gasteiger partial charge >= 0.3 is 6.09 Å². The van der Waals surface area contributed by atoms with Crippen molar-refractivity contribution in [3.05, 3.63) is 36.4 Å². The number of rotatable bonds is 2. The zero-order valence-corrected chi connectivity index (χ0v) is 12.0. The van der Waals surface area contributed by atoms with E-state index in [1.165, 1.54) is 4.68 Å². The number of hydrogen-bond acceptors (Lipinski definition) is 4. The third-order valence-corrected chi connectivity index (χ3v) is 2.42. The van der Waals surface area contributed by atoms with E-state index in [4.69, 9.17) is 4.74 Å². The minimum atomic E-state index is -0.539. The SMILES string of the molecule is Cc1nc(-c2ccccn2)cn1NC(=O)OC(C)(C)C. The second-order valence-corrected chi connectivity index (χ2v) is 5.37. The molecule has 0 fully saturated rings. The maximum atomic E-state index is 11.7. The Morgan fingerprint density at radius 1 is 1.30 bits per heavy atom. The normalized spacial score (nSPS) is 11.2. The minimum Gasteiger partial charge on any atom is -0.443 e. The first-order valence-electron chi connectivity index (χ1n) is 6.32. The second kappa shape index (κ2) is 5.32. The van der Waals surface area contributed by atoms with Crippen molar-refractivity contribution in [1.29, 1.82) is 0 Å². The summed E-state index contributed by atoms with van der Waals surface area (Å²) in [4.78, 5) is 20.3. The quantitative estimate of drug-likeness (QED) is 0.914. The number of nitrogens with zero attached hydrogens (tertiary/aromatic N) is 3. The first-order valence-corrected chi connectivity index (χ1v) is 6.32. The summed E-state index contributed by atoms with van der Waals surface area (Å²) < 4.78 is 6.72. The maximum absolute atomic E-state index is 11.7. The fourth-order valence-electron chi connectivity index (χ4n) is 1.62. The molecule has 0 aliphatic heterocycles. The number of pyridine rings is 1. The van der Waals surface area contributed by atoms with Crippen molar-refractivity contribution in [2.45, 2.75) is 33.3 Å². The smallest absolute Gasteiger partial charge is 0.427 e. The average molecular weight is 274 g/mol. The van der Waals surface area contributed by atoms with E-state index in [0.717, 1.165) is 5.69 Å². The third kappa shape index (κ3) is 3.57. The highest BCUT2D eigenvalue weighted by atomic mass is 16.6. The van der Waals surface area contributed by atoms with Gasteiger partial charge in [-0.15, -0.1) is 0 Å². The highest BCUT2D eigenvalue weighted by molar-refractivity contribution is 5.76. The Balaban J connectivity index is 2.15. The summed E-state index contributed by atoms with van der Waals surface area (Å²) >= 11 is 0. The predicted molar refractivity (Wildman–Crippen MR) is 75.8 cm³/mol. The largest absolute Gasteiger partial charge is 0.443 e. The summed E-state index contributed by atoms with van der Waals surface area (Å²) in [6.45, 7) is 7.23. The first-order chi connectivity index (χ1) is 9.35. The number of aryl methyl sites for hydroxylation is 1. The third-order valence-electron chi connectivity index (χ3n) is 2.42. The summed E-state index contributed by atoms with van der Waals surface area (Å²) in [5.74, 6) is 0.650. The van der Waals surface area contributed by atoms with Crippen molar-refractivity contribution in [3.8, 4) is 11.4 Å². The fraction of sp³-hybridized carbons (Fsp3) is 0.357. The van der Waals surface area contributed by atoms with Crippen molar-refractivity contribution in [3.63, 3.8) is 0 Å². The molecule has 1 N–H and O–H groups in total. The highest BCUT2D eigenvalue weighted by Gasteiger charge is 2.17. The van der Waals surface area contributed by atoms with E-state index in [1.807, 2.05) is 39.0 Å². The topological polar surface area (TPSA) is 69.0 Å². The van der Waals surface area contributed by atoms with Crippen LogP contribution in [0.4, 0.5) is 4.79 Å². The van der Waals surface area contributed by atoms with E-state index in [2.05, 4.69) is 15.4 Å². The van der Waals surface area contributed by atoms with Gasteiger partial charge in [0.1, 0.15) is 17.1 Å². The van der Waals surface area contributed by atoms with Crippen LogP contribution in [0.5, 0.6) is 0 Å². The maximum Gasteiger partial charge on any atom is 0.427 e. The van der Waals surface area contributed by atoms with Gasteiger partial charge in [-0.05, 0) is 39.8 Å². The van der Waals surface area contributed by atoms with Crippen LogP contribution in [0, 0.1) is 6.92 Å². The molecule has 0 aromatic carbocycles. The molecule has 20 heavy (non-hydrogen) atoms. The Hall–Kier alpha value is -2.37. The van der Waals surface area contributed by atoms with E-state index < -0.39 is 11.7 Å². The van der Waals surface area contributed by atoms with Crippen molar-refractivity contribution >= 4 is 6.09 Å². The van der Waals surface area contributed by atoms with Gasteiger partial charge in [0.05, 0.1) is 11.9 Å². The summed E-state index contributed by atoms with van der Waals surface area (Å²) in [5, 5.41) is 0. The summed E-state index contributed by atoms with van der Waals surface area (Å²) in [7, 11) is 0. The lowest BCUT2D eigenvalue weighted by atomic mass is 10.2. The van der Waals surface area contributed by atoms with Crippen LogP contribution in [0.1, 0.15) is 26.6 Å². The van der Waals surface area contributed by atoms with Crippen LogP contribution in [0.15, 0.2) is 30.6 Å². The number of carbonyl (C=O) groups excluding carboxylic acids is 1. The van der Waals surface area contributed by atoms with Crippen LogP contribution in [-0.4, -0.2) is 26.3 Å². The molecule has 0 saturated heterocycles. The minimum absolute atomic E-state index is 0.523. The van der Waals surface area contributed by atoms with Gasteiger partial charge in [-0.25, -0.2) is 19.9 Å². The van der Waals surface area contributed by atoms with Crippen LogP contribution < -0.4 is 5.43 Å². The Bertz CT molecular complexity index is 599. The molecule has 6 nitrogen and oxygen atoms in total. The zero-order chi connectivity index (χ0) is 14.8. The van der Waals surface area contributed by atoms with Gasteiger partial charge in [-0.2, -0.15) is 0 Å². The molecule has 2 aromatic rings. The van der Waals surface area contributed by atoms with Crippen molar-refractivity contribution < 1.29 is 9.53 Å². The van der Waals surface area contributed by atoms with E-state index in [-0.39, 0.29) is 0 Å². The van der Waals surface area contributed by atoms with Gasteiger partial charge in [0, 0.05) is 6.20 Å². The van der Waals surface area contributed by atoms with E-state index in [1.54, 1.807) is 19.3 Å². The van der Waals surface area contributed by atoms with Gasteiger partial charge in [-0.3, -0.25) is 4.98 Å². The van der Waals surface area contributed by atoms with Gasteiger partial charge in [0.15, 0.2) is 0 Å². The molecule has 1 amide bonds. The first kappa shape index (κ1) is 14.0. The number of aromatic nitrogens is 3. The van der Waals surface area contributed by atoms with Crippen LogP contribution >= 0.6 is 0 Å². The molecule has 6 heteroatoms. The van der Waals surface area contributed by atoms with Gasteiger partial charge in [-0.1, -0.05) is 6.07 Å². The molecule has 2 aromatic heterocycles. The van der Waals surface area contributed by atoms with Crippen LogP contribution in [0.3, 0.4) is 0 Å². The highest BCUT2D eigenvalue weighted by Crippen LogP contribution is 2.15. The lowest BCUT2D eigenvalue weighted by molar-refractivity contribution is 0.0612. The number of hydrogen-bond donors (Lipinski definition) is 1. The number of carbonyl (C=O) groups is 1. The molecule has 0 aliphatic carbocycles. The van der Waals surface area contributed by atoms with Gasteiger partial charge in [0.25, 0.3) is 0 Å². The Morgan fingerprint density at radius 3 is 2.65 bits per heavy atom. The van der Waals surface area contributed by atoms with Gasteiger partial charge < -0.3 is 4.74 Å². The summed E-state index contributed by atoms with van der Waals surface area (Å²) in [5.41, 5.74) is 3.53. The Labute approximate surface area is 117 Å². The van der Waals surface area contributed by atoms with Crippen molar-refractivity contribution in [2.75, 3.05) is 5.43 Å². The molecule has 0 spiro atoms. The number of nitrogens with one attached hydrogen (secondary N) is 1. The van der Waals surface area contributed by atoms with Crippen LogP contribution in [0.25, 0.3) is 11.4 Å². The molecule has 0 radical (unpaired) electrons. The number of ether oxygens (including phenoxy) is 1. The Morgan fingerprint density at radius 2 is 2.05 bits per heavy atom.